The monoisotopic (exact) mass is 370 g/mol. The van der Waals surface area contributed by atoms with Crippen molar-refractivity contribution in [1.82, 2.24) is 0 Å². The van der Waals surface area contributed by atoms with Crippen molar-refractivity contribution in [3.63, 3.8) is 0 Å². The lowest BCUT2D eigenvalue weighted by atomic mass is 9.88. The third-order valence-electron chi connectivity index (χ3n) is 3.74. The average Bonchev–Trinajstić information content (AvgIpc) is 2.56. The Labute approximate surface area is 149 Å². The molecule has 0 atom stereocenters. The summed E-state index contributed by atoms with van der Waals surface area (Å²) in [5.74, 6) is 2.14. The summed E-state index contributed by atoms with van der Waals surface area (Å²) in [4.78, 5) is 0. The van der Waals surface area contributed by atoms with Crippen LogP contribution in [0.2, 0.25) is 10.0 Å². The Kier molecular flexibility index (Phi) is 5.31. The van der Waals surface area contributed by atoms with Crippen LogP contribution < -0.4 is 0 Å². The number of hydrogen-bond acceptors (Lipinski definition) is 3. The van der Waals surface area contributed by atoms with E-state index in [0.29, 0.717) is 10.0 Å². The van der Waals surface area contributed by atoms with Crippen molar-refractivity contribution >= 4 is 46.7 Å². The summed E-state index contributed by atoms with van der Waals surface area (Å²) in [5, 5.41) is 13.0. The predicted molar refractivity (Wildman–Crippen MR) is 99.2 cm³/mol. The van der Waals surface area contributed by atoms with E-state index in [2.05, 4.69) is 0 Å². The predicted octanol–water partition coefficient (Wildman–Crippen LogP) is 5.43. The fourth-order valence-electron chi connectivity index (χ4n) is 2.58. The smallest absolute Gasteiger partial charge is 0.135 e. The Hall–Kier alpha value is -0.320. The minimum atomic E-state index is -1.05. The highest BCUT2D eigenvalue weighted by Crippen LogP contribution is 2.47. The molecule has 0 aromatic heterocycles. The van der Waals surface area contributed by atoms with E-state index in [1.54, 1.807) is 0 Å². The van der Waals surface area contributed by atoms with Crippen LogP contribution >= 0.6 is 46.7 Å². The number of hydrogen-bond donors (Lipinski definition) is 1. The van der Waals surface area contributed by atoms with Crippen LogP contribution in [0.1, 0.15) is 17.5 Å². The SMILES string of the molecule is OC(c1ccc(Cl)cc1)(c1ccc(Cl)cc1)C1SCCCS1. The van der Waals surface area contributed by atoms with Gasteiger partial charge in [-0.2, -0.15) is 0 Å². The van der Waals surface area contributed by atoms with Crippen molar-refractivity contribution in [2.45, 2.75) is 16.6 Å². The van der Waals surface area contributed by atoms with Crippen molar-refractivity contribution in [3.8, 4) is 0 Å². The lowest BCUT2D eigenvalue weighted by molar-refractivity contribution is 0.0990. The van der Waals surface area contributed by atoms with Crippen molar-refractivity contribution in [2.75, 3.05) is 11.5 Å². The second-order valence-corrected chi connectivity index (χ2v) is 8.80. The van der Waals surface area contributed by atoms with Crippen LogP contribution in [-0.2, 0) is 5.60 Å². The van der Waals surface area contributed by atoms with E-state index in [4.69, 9.17) is 23.2 Å². The van der Waals surface area contributed by atoms with Crippen molar-refractivity contribution in [2.24, 2.45) is 0 Å². The van der Waals surface area contributed by atoms with Gasteiger partial charge >= 0.3 is 0 Å². The first-order chi connectivity index (χ1) is 10.6. The molecule has 0 amide bonds. The number of rotatable bonds is 3. The highest BCUT2D eigenvalue weighted by molar-refractivity contribution is 8.17. The highest BCUT2D eigenvalue weighted by Gasteiger charge is 2.41. The van der Waals surface area contributed by atoms with Gasteiger partial charge < -0.3 is 5.11 Å². The quantitative estimate of drug-likeness (QED) is 0.777. The van der Waals surface area contributed by atoms with Gasteiger partial charge in [-0.05, 0) is 53.3 Å². The molecule has 2 aromatic rings. The highest BCUT2D eigenvalue weighted by atomic mass is 35.5. The third kappa shape index (κ3) is 3.29. The lowest BCUT2D eigenvalue weighted by Gasteiger charge is -2.38. The minimum Gasteiger partial charge on any atom is -0.378 e. The summed E-state index contributed by atoms with van der Waals surface area (Å²) in [7, 11) is 0. The maximum absolute atomic E-state index is 11.6. The molecule has 2 aromatic carbocycles. The van der Waals surface area contributed by atoms with Crippen LogP contribution in [0.4, 0.5) is 0 Å². The molecular weight excluding hydrogens is 355 g/mol. The van der Waals surface area contributed by atoms with Crippen molar-refractivity contribution in [1.29, 1.82) is 0 Å². The van der Waals surface area contributed by atoms with Gasteiger partial charge in [0.25, 0.3) is 0 Å². The Balaban J connectivity index is 2.08. The topological polar surface area (TPSA) is 20.2 Å². The maximum atomic E-state index is 11.6. The molecule has 116 valence electrons. The number of thioether (sulfide) groups is 2. The Morgan fingerprint density at radius 2 is 1.23 bits per heavy atom. The van der Waals surface area contributed by atoms with Gasteiger partial charge in [0.1, 0.15) is 5.60 Å². The van der Waals surface area contributed by atoms with Crippen LogP contribution in [0, 0.1) is 0 Å². The zero-order valence-corrected chi connectivity index (χ0v) is 15.0. The van der Waals surface area contributed by atoms with Crippen LogP contribution in [0.15, 0.2) is 48.5 Å². The van der Waals surface area contributed by atoms with Crippen molar-refractivity contribution in [3.05, 3.63) is 69.7 Å². The van der Waals surface area contributed by atoms with E-state index in [0.717, 1.165) is 22.6 Å². The van der Waals surface area contributed by atoms with Gasteiger partial charge in [-0.25, -0.2) is 0 Å². The van der Waals surface area contributed by atoms with Crippen LogP contribution in [-0.4, -0.2) is 21.2 Å². The Bertz CT molecular complexity index is 577. The normalized spacial score (nSPS) is 16.7. The van der Waals surface area contributed by atoms with Gasteiger partial charge in [0.2, 0.25) is 0 Å². The maximum Gasteiger partial charge on any atom is 0.135 e. The molecule has 1 heterocycles. The zero-order chi connectivity index (χ0) is 15.6. The molecule has 0 radical (unpaired) electrons. The molecule has 1 N–H and O–H groups in total. The summed E-state index contributed by atoms with van der Waals surface area (Å²) in [6.45, 7) is 0. The molecule has 0 bridgehead atoms. The molecule has 0 aliphatic carbocycles. The van der Waals surface area contributed by atoms with Crippen LogP contribution in [0.3, 0.4) is 0 Å². The average molecular weight is 371 g/mol. The number of halogens is 2. The molecule has 0 saturated carbocycles. The molecule has 5 heteroatoms. The summed E-state index contributed by atoms with van der Waals surface area (Å²) in [6.07, 6.45) is 1.18. The van der Waals surface area contributed by atoms with Gasteiger partial charge in [0.15, 0.2) is 0 Å². The van der Waals surface area contributed by atoms with E-state index in [-0.39, 0.29) is 4.58 Å². The van der Waals surface area contributed by atoms with Gasteiger partial charge in [-0.15, -0.1) is 23.5 Å². The standard InChI is InChI=1S/C17H16Cl2OS2/c18-14-6-2-12(3-7-14)17(20,16-21-10-1-11-22-16)13-4-8-15(19)9-5-13/h2-9,16,20H,1,10-11H2. The molecule has 0 unspecified atom stereocenters. The molecule has 1 aliphatic rings. The summed E-state index contributed by atoms with van der Waals surface area (Å²) >= 11 is 15.6. The molecule has 1 saturated heterocycles. The van der Waals surface area contributed by atoms with E-state index >= 15 is 0 Å². The molecule has 1 nitrogen and oxygen atoms in total. The van der Waals surface area contributed by atoms with Crippen LogP contribution in [0.5, 0.6) is 0 Å². The molecule has 1 aliphatic heterocycles. The molecule has 22 heavy (non-hydrogen) atoms. The summed E-state index contributed by atoms with van der Waals surface area (Å²) < 4.78 is 0.0589. The van der Waals surface area contributed by atoms with E-state index in [9.17, 15) is 5.11 Å². The summed E-state index contributed by atoms with van der Waals surface area (Å²) in [6, 6.07) is 15.0. The van der Waals surface area contributed by atoms with E-state index in [1.807, 2.05) is 72.1 Å². The number of aliphatic hydroxyl groups is 1. The fourth-order valence-corrected chi connectivity index (χ4v) is 6.05. The lowest BCUT2D eigenvalue weighted by Crippen LogP contribution is -2.38. The second kappa shape index (κ2) is 7.06. The molecule has 1 fully saturated rings. The summed E-state index contributed by atoms with van der Waals surface area (Å²) in [5.41, 5.74) is 0.683. The first kappa shape index (κ1) is 16.5. The fraction of sp³-hybridized carbons (Fsp3) is 0.294. The Morgan fingerprint density at radius 1 is 0.818 bits per heavy atom. The Morgan fingerprint density at radius 3 is 1.64 bits per heavy atom. The van der Waals surface area contributed by atoms with Crippen LogP contribution in [0.25, 0.3) is 0 Å². The minimum absolute atomic E-state index is 0.0589. The van der Waals surface area contributed by atoms with Gasteiger partial charge in [0.05, 0.1) is 4.58 Å². The van der Waals surface area contributed by atoms with Gasteiger partial charge in [-0.3, -0.25) is 0 Å². The zero-order valence-electron chi connectivity index (χ0n) is 11.8. The van der Waals surface area contributed by atoms with Gasteiger partial charge in [0, 0.05) is 10.0 Å². The molecule has 3 rings (SSSR count). The molecular formula is C17H16Cl2OS2. The van der Waals surface area contributed by atoms with E-state index in [1.165, 1.54) is 6.42 Å². The van der Waals surface area contributed by atoms with Gasteiger partial charge in [-0.1, -0.05) is 47.5 Å². The first-order valence-corrected chi connectivity index (χ1v) is 9.94. The number of benzene rings is 2. The second-order valence-electron chi connectivity index (χ2n) is 5.21. The van der Waals surface area contributed by atoms with E-state index < -0.39 is 5.60 Å². The molecule has 0 spiro atoms. The first-order valence-electron chi connectivity index (χ1n) is 7.08. The largest absolute Gasteiger partial charge is 0.378 e. The third-order valence-corrected chi connectivity index (χ3v) is 7.39. The van der Waals surface area contributed by atoms with Crippen molar-refractivity contribution < 1.29 is 5.11 Å².